The molecule has 3 heterocycles. The molecule has 0 bridgehead atoms. The smallest absolute Gasteiger partial charge is 0.317 e. The minimum Gasteiger partial charge on any atom is -0.480 e. The van der Waals surface area contributed by atoms with Crippen LogP contribution in [0.1, 0.15) is 30.3 Å². The van der Waals surface area contributed by atoms with Crippen molar-refractivity contribution < 1.29 is 19.2 Å². The van der Waals surface area contributed by atoms with Crippen LogP contribution < -0.4 is 0 Å². The van der Waals surface area contributed by atoms with Gasteiger partial charge in [0.2, 0.25) is 0 Å². The van der Waals surface area contributed by atoms with Crippen LogP contribution >= 0.6 is 22.9 Å². The molecular weight excluding hydrogens is 378 g/mol. The highest BCUT2D eigenvalue weighted by Gasteiger charge is 2.29. The van der Waals surface area contributed by atoms with E-state index in [0.717, 1.165) is 17.7 Å². The molecule has 1 aliphatic heterocycles. The number of likely N-dealkylation sites (N-methyl/N-ethyl adjacent to an activating group) is 1. The Morgan fingerprint density at radius 3 is 2.73 bits per heavy atom. The quantitative estimate of drug-likeness (QED) is 0.806. The van der Waals surface area contributed by atoms with Gasteiger partial charge in [0.15, 0.2) is 11.5 Å². The Morgan fingerprint density at radius 2 is 2.15 bits per heavy atom. The zero-order valence-corrected chi connectivity index (χ0v) is 15.9. The first-order valence-electron chi connectivity index (χ1n) is 8.45. The molecule has 1 N–H and O–H groups in total. The van der Waals surface area contributed by atoms with E-state index in [4.69, 9.17) is 21.2 Å². The van der Waals surface area contributed by atoms with Crippen LogP contribution in [-0.4, -0.2) is 64.2 Å². The molecule has 3 rings (SSSR count). The van der Waals surface area contributed by atoms with Crippen LogP contribution in [0.25, 0.3) is 10.6 Å². The molecule has 1 aliphatic rings. The maximum Gasteiger partial charge on any atom is 0.317 e. The third-order valence-corrected chi connectivity index (χ3v) is 5.80. The molecule has 2 aromatic heterocycles. The number of aliphatic carboxylic acids is 1. The fraction of sp³-hybridized carbons (Fsp3) is 0.471. The second-order valence-electron chi connectivity index (χ2n) is 6.16. The standard InChI is InChI=1S/C17H20ClN3O4S/c1-2-20(10-16(22)23)11-5-7-21(8-6-11)17(24)12-9-13(25-19-12)14-3-4-15(18)26-14/h3-4,9,11H,2,5-8,10H2,1H3,(H,22,23). The van der Waals surface area contributed by atoms with Gasteiger partial charge >= 0.3 is 5.97 Å². The maximum atomic E-state index is 12.6. The molecule has 1 saturated heterocycles. The summed E-state index contributed by atoms with van der Waals surface area (Å²) in [6.45, 7) is 3.82. The third-order valence-electron chi connectivity index (χ3n) is 4.56. The molecule has 9 heteroatoms. The summed E-state index contributed by atoms with van der Waals surface area (Å²) in [6, 6.07) is 5.42. The second kappa shape index (κ2) is 8.20. The third kappa shape index (κ3) is 4.25. The summed E-state index contributed by atoms with van der Waals surface area (Å²) >= 11 is 7.29. The van der Waals surface area contributed by atoms with Crippen molar-refractivity contribution >= 4 is 34.8 Å². The lowest BCUT2D eigenvalue weighted by Crippen LogP contribution is -2.48. The number of carbonyl (C=O) groups excluding carboxylic acids is 1. The summed E-state index contributed by atoms with van der Waals surface area (Å²) in [6.07, 6.45) is 1.50. The van der Waals surface area contributed by atoms with E-state index >= 15 is 0 Å². The lowest BCUT2D eigenvalue weighted by atomic mass is 10.0. The molecule has 0 radical (unpaired) electrons. The molecule has 2 aromatic rings. The van der Waals surface area contributed by atoms with Gasteiger partial charge in [-0.15, -0.1) is 11.3 Å². The highest BCUT2D eigenvalue weighted by atomic mass is 35.5. The molecule has 26 heavy (non-hydrogen) atoms. The first-order chi connectivity index (χ1) is 12.5. The Bertz CT molecular complexity index is 783. The van der Waals surface area contributed by atoms with Gasteiger partial charge in [0.1, 0.15) is 0 Å². The van der Waals surface area contributed by atoms with Gasteiger partial charge in [0.25, 0.3) is 5.91 Å². The molecule has 1 fully saturated rings. The zero-order valence-electron chi connectivity index (χ0n) is 14.4. The summed E-state index contributed by atoms with van der Waals surface area (Å²) in [5.41, 5.74) is 0.279. The highest BCUT2D eigenvalue weighted by molar-refractivity contribution is 7.19. The van der Waals surface area contributed by atoms with Crippen molar-refractivity contribution in [3.05, 3.63) is 28.2 Å². The highest BCUT2D eigenvalue weighted by Crippen LogP contribution is 2.31. The van der Waals surface area contributed by atoms with Gasteiger partial charge < -0.3 is 14.5 Å². The van der Waals surface area contributed by atoms with E-state index in [0.29, 0.717) is 29.7 Å². The van der Waals surface area contributed by atoms with Crippen LogP contribution in [0.3, 0.4) is 0 Å². The van der Waals surface area contributed by atoms with Crippen LogP contribution in [0.4, 0.5) is 0 Å². The Labute approximate surface area is 160 Å². The number of rotatable bonds is 6. The van der Waals surface area contributed by atoms with Crippen LogP contribution in [0.2, 0.25) is 4.34 Å². The number of likely N-dealkylation sites (tertiary alicyclic amines) is 1. The van der Waals surface area contributed by atoms with Gasteiger partial charge in [-0.05, 0) is 31.5 Å². The normalized spacial score (nSPS) is 15.6. The number of carboxylic acid groups (broad SMARTS) is 1. The summed E-state index contributed by atoms with van der Waals surface area (Å²) in [7, 11) is 0. The first-order valence-corrected chi connectivity index (χ1v) is 9.65. The van der Waals surface area contributed by atoms with Gasteiger partial charge in [0.05, 0.1) is 15.8 Å². The lowest BCUT2D eigenvalue weighted by molar-refractivity contribution is -0.139. The molecule has 1 amide bonds. The molecule has 0 aromatic carbocycles. The Morgan fingerprint density at radius 1 is 1.42 bits per heavy atom. The largest absolute Gasteiger partial charge is 0.480 e. The van der Waals surface area contributed by atoms with Gasteiger partial charge in [-0.3, -0.25) is 14.5 Å². The molecule has 0 saturated carbocycles. The molecule has 0 spiro atoms. The van der Waals surface area contributed by atoms with Crippen molar-refractivity contribution in [2.24, 2.45) is 0 Å². The SMILES string of the molecule is CCN(CC(=O)O)C1CCN(C(=O)c2cc(-c3ccc(Cl)s3)on2)CC1. The van der Waals surface area contributed by atoms with E-state index in [2.05, 4.69) is 5.16 Å². The summed E-state index contributed by atoms with van der Waals surface area (Å²) in [5.74, 6) is -0.463. The zero-order chi connectivity index (χ0) is 18.7. The predicted molar refractivity (Wildman–Crippen MR) is 98.6 cm³/mol. The first kappa shape index (κ1) is 18.9. The van der Waals surface area contributed by atoms with Crippen LogP contribution in [0, 0.1) is 0 Å². The van der Waals surface area contributed by atoms with Gasteiger partial charge in [-0.25, -0.2) is 0 Å². The summed E-state index contributed by atoms with van der Waals surface area (Å²) in [4.78, 5) is 28.1. The van der Waals surface area contributed by atoms with E-state index in [-0.39, 0.29) is 24.2 Å². The molecule has 140 valence electrons. The van der Waals surface area contributed by atoms with Gasteiger partial charge in [0, 0.05) is 25.2 Å². The van der Waals surface area contributed by atoms with Crippen LogP contribution in [-0.2, 0) is 4.79 Å². The van der Waals surface area contributed by atoms with Crippen LogP contribution in [0.5, 0.6) is 0 Å². The number of nitrogens with zero attached hydrogens (tertiary/aromatic N) is 3. The predicted octanol–water partition coefficient (Wildman–Crippen LogP) is 3.07. The van der Waals surface area contributed by atoms with E-state index in [1.54, 1.807) is 17.0 Å². The van der Waals surface area contributed by atoms with E-state index in [9.17, 15) is 9.59 Å². The fourth-order valence-corrected chi connectivity index (χ4v) is 4.20. The van der Waals surface area contributed by atoms with E-state index < -0.39 is 5.97 Å². The number of thiophene rings is 1. The van der Waals surface area contributed by atoms with E-state index in [1.807, 2.05) is 17.9 Å². The molecule has 0 unspecified atom stereocenters. The average Bonchev–Trinajstić information content (AvgIpc) is 3.28. The topological polar surface area (TPSA) is 86.9 Å². The number of carboxylic acids is 1. The lowest BCUT2D eigenvalue weighted by Gasteiger charge is -2.37. The van der Waals surface area contributed by atoms with Gasteiger partial charge in [-0.2, -0.15) is 0 Å². The van der Waals surface area contributed by atoms with Crippen molar-refractivity contribution in [3.63, 3.8) is 0 Å². The average molecular weight is 398 g/mol. The number of carbonyl (C=O) groups is 2. The minimum absolute atomic E-state index is 0.0329. The van der Waals surface area contributed by atoms with Crippen molar-refractivity contribution in [2.45, 2.75) is 25.8 Å². The number of amides is 1. The number of hydrogen-bond acceptors (Lipinski definition) is 6. The molecule has 7 nitrogen and oxygen atoms in total. The Balaban J connectivity index is 1.60. The minimum atomic E-state index is -0.825. The summed E-state index contributed by atoms with van der Waals surface area (Å²) in [5, 5.41) is 12.9. The van der Waals surface area contributed by atoms with E-state index in [1.165, 1.54) is 11.3 Å². The van der Waals surface area contributed by atoms with Crippen molar-refractivity contribution in [1.29, 1.82) is 0 Å². The van der Waals surface area contributed by atoms with Crippen LogP contribution in [0.15, 0.2) is 22.7 Å². The Kier molecular flexibility index (Phi) is 5.95. The monoisotopic (exact) mass is 397 g/mol. The summed E-state index contributed by atoms with van der Waals surface area (Å²) < 4.78 is 5.92. The second-order valence-corrected chi connectivity index (χ2v) is 7.88. The Hall–Kier alpha value is -1.90. The number of aromatic nitrogens is 1. The fourth-order valence-electron chi connectivity index (χ4n) is 3.21. The molecule has 0 aliphatic carbocycles. The number of hydrogen-bond donors (Lipinski definition) is 1. The van der Waals surface area contributed by atoms with Crippen molar-refractivity contribution in [1.82, 2.24) is 15.0 Å². The van der Waals surface area contributed by atoms with Crippen molar-refractivity contribution in [2.75, 3.05) is 26.2 Å². The van der Waals surface area contributed by atoms with Gasteiger partial charge in [-0.1, -0.05) is 23.7 Å². The molecule has 0 atom stereocenters. The molecular formula is C17H20ClN3O4S. The number of halogens is 1. The number of piperidine rings is 1. The maximum absolute atomic E-state index is 12.6. The van der Waals surface area contributed by atoms with Crippen molar-refractivity contribution in [3.8, 4) is 10.6 Å².